The van der Waals surface area contributed by atoms with Crippen LogP contribution < -0.4 is 11.5 Å². The fourth-order valence-electron chi connectivity index (χ4n) is 0.929. The average molecular weight is 297 g/mol. The van der Waals surface area contributed by atoms with E-state index in [1.54, 1.807) is 0 Å². The minimum absolute atomic E-state index is 0.158. The first kappa shape index (κ1) is 10.2. The lowest BCUT2D eigenvalue weighted by atomic mass is 10.1. The molecule has 1 aromatic rings. The van der Waals surface area contributed by atoms with Crippen molar-refractivity contribution in [3.63, 3.8) is 0 Å². The van der Waals surface area contributed by atoms with Crippen LogP contribution >= 0.6 is 34.2 Å². The number of nitrogens with two attached hydrogens (primary N) is 2. The summed E-state index contributed by atoms with van der Waals surface area (Å²) in [7, 11) is 0. The van der Waals surface area contributed by atoms with E-state index in [-0.39, 0.29) is 6.04 Å². The molecule has 0 bridgehead atoms. The van der Waals surface area contributed by atoms with Gasteiger partial charge >= 0.3 is 0 Å². The van der Waals surface area contributed by atoms with Crippen molar-refractivity contribution in [2.45, 2.75) is 6.04 Å². The first-order chi connectivity index (χ1) is 5.65. The minimum Gasteiger partial charge on any atom is -0.329 e. The van der Waals surface area contributed by atoms with Gasteiger partial charge in [0.2, 0.25) is 0 Å². The van der Waals surface area contributed by atoms with Gasteiger partial charge in [-0.2, -0.15) is 0 Å². The van der Waals surface area contributed by atoms with E-state index in [1.807, 2.05) is 18.2 Å². The predicted octanol–water partition coefficient (Wildman–Crippen LogP) is 1.90. The first-order valence-corrected chi connectivity index (χ1v) is 5.01. The van der Waals surface area contributed by atoms with Crippen molar-refractivity contribution in [3.05, 3.63) is 32.4 Å². The number of hydrogen-bond donors (Lipinski definition) is 2. The van der Waals surface area contributed by atoms with Crippen LogP contribution in [0.1, 0.15) is 11.6 Å². The van der Waals surface area contributed by atoms with Crippen LogP contribution in [0.5, 0.6) is 0 Å². The zero-order valence-electron chi connectivity index (χ0n) is 6.43. The number of halogens is 2. The van der Waals surface area contributed by atoms with Crippen LogP contribution in [0.25, 0.3) is 0 Å². The Morgan fingerprint density at radius 1 is 1.50 bits per heavy atom. The molecule has 0 fully saturated rings. The summed E-state index contributed by atoms with van der Waals surface area (Å²) in [5.74, 6) is 0. The monoisotopic (exact) mass is 296 g/mol. The molecule has 1 aromatic carbocycles. The van der Waals surface area contributed by atoms with Gasteiger partial charge in [-0.3, -0.25) is 0 Å². The summed E-state index contributed by atoms with van der Waals surface area (Å²) in [6, 6.07) is 5.61. The minimum atomic E-state index is -0.158. The summed E-state index contributed by atoms with van der Waals surface area (Å²) in [6.07, 6.45) is 0. The lowest BCUT2D eigenvalue weighted by Crippen LogP contribution is -2.21. The molecule has 66 valence electrons. The van der Waals surface area contributed by atoms with E-state index >= 15 is 0 Å². The average Bonchev–Trinajstić information content (AvgIpc) is 2.03. The molecule has 2 nitrogen and oxygen atoms in total. The van der Waals surface area contributed by atoms with Crippen molar-refractivity contribution in [3.8, 4) is 0 Å². The molecule has 0 saturated heterocycles. The van der Waals surface area contributed by atoms with Crippen molar-refractivity contribution in [1.82, 2.24) is 0 Å². The molecule has 0 unspecified atom stereocenters. The normalized spacial score (nSPS) is 13.0. The molecule has 0 aliphatic carbocycles. The molecular weight excluding hydrogens is 286 g/mol. The third kappa shape index (κ3) is 2.32. The Balaban J connectivity index is 3.01. The van der Waals surface area contributed by atoms with Gasteiger partial charge in [-0.15, -0.1) is 0 Å². The molecule has 4 N–H and O–H groups in total. The van der Waals surface area contributed by atoms with E-state index < -0.39 is 0 Å². The summed E-state index contributed by atoms with van der Waals surface area (Å²) >= 11 is 8.16. The van der Waals surface area contributed by atoms with Crippen LogP contribution in [0.3, 0.4) is 0 Å². The van der Waals surface area contributed by atoms with Gasteiger partial charge in [0.15, 0.2) is 0 Å². The van der Waals surface area contributed by atoms with Crippen molar-refractivity contribution >= 4 is 34.2 Å². The van der Waals surface area contributed by atoms with Gasteiger partial charge in [0.25, 0.3) is 0 Å². The Morgan fingerprint density at radius 2 is 2.17 bits per heavy atom. The molecule has 1 rings (SSSR count). The van der Waals surface area contributed by atoms with Gasteiger partial charge in [-0.25, -0.2) is 0 Å². The molecule has 0 spiro atoms. The van der Waals surface area contributed by atoms with Crippen LogP contribution in [-0.2, 0) is 0 Å². The zero-order valence-corrected chi connectivity index (χ0v) is 9.34. The van der Waals surface area contributed by atoms with Crippen LogP contribution in [0.15, 0.2) is 18.2 Å². The highest BCUT2D eigenvalue weighted by Crippen LogP contribution is 2.22. The highest BCUT2D eigenvalue weighted by atomic mass is 127. The second kappa shape index (κ2) is 4.41. The van der Waals surface area contributed by atoms with E-state index in [0.29, 0.717) is 11.6 Å². The molecule has 0 amide bonds. The molecule has 0 saturated carbocycles. The first-order valence-electron chi connectivity index (χ1n) is 3.55. The van der Waals surface area contributed by atoms with Gasteiger partial charge < -0.3 is 11.5 Å². The maximum atomic E-state index is 5.96. The largest absolute Gasteiger partial charge is 0.329 e. The highest BCUT2D eigenvalue weighted by molar-refractivity contribution is 14.1. The Bertz CT molecular complexity index is 278. The second-order valence-corrected chi connectivity index (χ2v) is 4.16. The third-order valence-corrected chi connectivity index (χ3v) is 2.61. The Kier molecular flexibility index (Phi) is 3.77. The van der Waals surface area contributed by atoms with Crippen LogP contribution in [0.2, 0.25) is 5.02 Å². The summed E-state index contributed by atoms with van der Waals surface area (Å²) in [5.41, 5.74) is 12.1. The van der Waals surface area contributed by atoms with Crippen molar-refractivity contribution in [2.24, 2.45) is 11.5 Å². The van der Waals surface area contributed by atoms with Crippen molar-refractivity contribution < 1.29 is 0 Å². The summed E-state index contributed by atoms with van der Waals surface area (Å²) in [5, 5.41) is 0.694. The molecule has 0 aliphatic rings. The molecule has 0 aliphatic heterocycles. The van der Waals surface area contributed by atoms with Crippen LogP contribution in [-0.4, -0.2) is 6.54 Å². The van der Waals surface area contributed by atoms with Gasteiger partial charge in [-0.05, 0) is 40.3 Å². The third-order valence-electron chi connectivity index (χ3n) is 1.62. The van der Waals surface area contributed by atoms with E-state index in [4.69, 9.17) is 23.1 Å². The van der Waals surface area contributed by atoms with Gasteiger partial charge in [-0.1, -0.05) is 17.7 Å². The van der Waals surface area contributed by atoms with Crippen molar-refractivity contribution in [1.29, 1.82) is 0 Å². The van der Waals surface area contributed by atoms with Crippen molar-refractivity contribution in [2.75, 3.05) is 6.54 Å². The second-order valence-electron chi connectivity index (χ2n) is 2.51. The van der Waals surface area contributed by atoms with Gasteiger partial charge in [0, 0.05) is 21.2 Å². The molecular formula is C8H10ClIN2. The zero-order chi connectivity index (χ0) is 9.14. The lowest BCUT2D eigenvalue weighted by Gasteiger charge is -2.10. The van der Waals surface area contributed by atoms with E-state index in [9.17, 15) is 0 Å². The van der Waals surface area contributed by atoms with Crippen LogP contribution in [0.4, 0.5) is 0 Å². The fraction of sp³-hybridized carbons (Fsp3) is 0.250. The number of rotatable bonds is 2. The van der Waals surface area contributed by atoms with Gasteiger partial charge in [0.05, 0.1) is 0 Å². The number of hydrogen-bond acceptors (Lipinski definition) is 2. The topological polar surface area (TPSA) is 52.0 Å². The van der Waals surface area contributed by atoms with E-state index in [2.05, 4.69) is 22.6 Å². The molecule has 4 heteroatoms. The molecule has 1 atom stereocenters. The van der Waals surface area contributed by atoms with E-state index in [1.165, 1.54) is 0 Å². The summed E-state index contributed by atoms with van der Waals surface area (Å²) in [4.78, 5) is 0. The molecule has 0 radical (unpaired) electrons. The summed E-state index contributed by atoms with van der Waals surface area (Å²) < 4.78 is 1.10. The maximum absolute atomic E-state index is 5.96. The smallest absolute Gasteiger partial charge is 0.0464 e. The quantitative estimate of drug-likeness (QED) is 0.819. The Hall–Kier alpha value is 0.160. The standard InChI is InChI=1S/C8H10ClIN2/c9-7-3-5(10)1-2-6(7)8(12)4-11/h1-3,8H,4,11-12H2/t8-/m0/s1. The SMILES string of the molecule is NC[C@H](N)c1ccc(I)cc1Cl. The molecule has 12 heavy (non-hydrogen) atoms. The molecule has 0 aromatic heterocycles. The van der Waals surface area contributed by atoms with Gasteiger partial charge in [0.1, 0.15) is 0 Å². The number of benzene rings is 1. The Labute approximate surface area is 90.4 Å². The van der Waals surface area contributed by atoms with Crippen LogP contribution in [0, 0.1) is 3.57 Å². The maximum Gasteiger partial charge on any atom is 0.0464 e. The highest BCUT2D eigenvalue weighted by Gasteiger charge is 2.07. The summed E-state index contributed by atoms with van der Waals surface area (Å²) in [6.45, 7) is 0.417. The lowest BCUT2D eigenvalue weighted by molar-refractivity contribution is 0.737. The Morgan fingerprint density at radius 3 is 2.67 bits per heavy atom. The fourth-order valence-corrected chi connectivity index (χ4v) is 1.93. The van der Waals surface area contributed by atoms with E-state index in [0.717, 1.165) is 9.13 Å². The molecule has 0 heterocycles. The predicted molar refractivity (Wildman–Crippen MR) is 60.2 cm³/mol.